The maximum atomic E-state index is 12.6. The number of likely N-dealkylation sites (tertiary alicyclic amines) is 1. The lowest BCUT2D eigenvalue weighted by atomic mass is 9.98. The lowest BCUT2D eigenvalue weighted by Gasteiger charge is -2.30. The van der Waals surface area contributed by atoms with E-state index in [1.807, 2.05) is 11.0 Å². The van der Waals surface area contributed by atoms with Gasteiger partial charge in [0.15, 0.2) is 0 Å². The van der Waals surface area contributed by atoms with E-state index in [0.29, 0.717) is 23.7 Å². The first kappa shape index (κ1) is 18.6. The van der Waals surface area contributed by atoms with Gasteiger partial charge in [-0.05, 0) is 42.7 Å². The number of piperidine rings is 1. The Morgan fingerprint density at radius 2 is 2.04 bits per heavy atom. The van der Waals surface area contributed by atoms with Gasteiger partial charge in [0.1, 0.15) is 0 Å². The van der Waals surface area contributed by atoms with E-state index in [4.69, 9.17) is 0 Å². The molecule has 0 aromatic heterocycles. The quantitative estimate of drug-likeness (QED) is 0.774. The van der Waals surface area contributed by atoms with Crippen LogP contribution in [0.1, 0.15) is 37.0 Å². The molecule has 1 aliphatic rings. The summed E-state index contributed by atoms with van der Waals surface area (Å²) in [6.45, 7) is 6.58. The van der Waals surface area contributed by atoms with Crippen molar-refractivity contribution in [3.8, 4) is 0 Å². The minimum atomic E-state index is -0.233. The highest BCUT2D eigenvalue weighted by Crippen LogP contribution is 2.19. The van der Waals surface area contributed by atoms with E-state index in [-0.39, 0.29) is 11.9 Å². The van der Waals surface area contributed by atoms with Crippen molar-refractivity contribution in [2.75, 3.05) is 36.5 Å². The number of urea groups is 1. The van der Waals surface area contributed by atoms with Crippen LogP contribution in [0.4, 0.5) is 10.5 Å². The zero-order valence-corrected chi connectivity index (χ0v) is 15.3. The van der Waals surface area contributed by atoms with Crippen LogP contribution in [-0.2, 0) is 0 Å². The number of anilines is 1. The van der Waals surface area contributed by atoms with Crippen LogP contribution in [0.25, 0.3) is 0 Å². The fourth-order valence-corrected chi connectivity index (χ4v) is 3.22. The number of amides is 3. The Hall–Kier alpha value is -1.69. The molecule has 5 nitrogen and oxygen atoms in total. The number of nitrogens with zero attached hydrogens (tertiary/aromatic N) is 1. The van der Waals surface area contributed by atoms with Crippen LogP contribution in [-0.4, -0.2) is 48.0 Å². The molecular formula is C18H27N3O2S. The van der Waals surface area contributed by atoms with Gasteiger partial charge in [-0.15, -0.1) is 0 Å². The Morgan fingerprint density at radius 3 is 2.75 bits per heavy atom. The first-order valence-electron chi connectivity index (χ1n) is 8.62. The number of nitrogens with one attached hydrogen (secondary N) is 2. The van der Waals surface area contributed by atoms with E-state index in [2.05, 4.69) is 24.5 Å². The predicted octanol–water partition coefficient (Wildman–Crippen LogP) is 3.43. The lowest BCUT2D eigenvalue weighted by Crippen LogP contribution is -2.38. The van der Waals surface area contributed by atoms with Crippen molar-refractivity contribution in [3.63, 3.8) is 0 Å². The molecule has 6 heteroatoms. The maximum Gasteiger partial charge on any atom is 0.319 e. The van der Waals surface area contributed by atoms with Crippen LogP contribution in [0.5, 0.6) is 0 Å². The van der Waals surface area contributed by atoms with Crippen LogP contribution in [0.2, 0.25) is 0 Å². The Balaban J connectivity index is 1.88. The van der Waals surface area contributed by atoms with Crippen molar-refractivity contribution in [2.24, 2.45) is 5.92 Å². The number of hydrogen-bond donors (Lipinski definition) is 2. The standard InChI is InChI=1S/C18H27N3O2S/c1-3-24-12-9-19-18(23)20-16-6-4-5-15(13-16)17(22)21-10-7-14(2)8-11-21/h4-6,13-14H,3,7-12H2,1-2H3,(H2,19,20,23). The minimum absolute atomic E-state index is 0.0466. The molecule has 2 N–H and O–H groups in total. The Morgan fingerprint density at radius 1 is 1.29 bits per heavy atom. The molecule has 1 aromatic carbocycles. The minimum Gasteiger partial charge on any atom is -0.339 e. The molecule has 0 radical (unpaired) electrons. The van der Waals surface area contributed by atoms with Crippen molar-refractivity contribution in [3.05, 3.63) is 29.8 Å². The highest BCUT2D eigenvalue weighted by Gasteiger charge is 2.21. The summed E-state index contributed by atoms with van der Waals surface area (Å²) in [5, 5.41) is 5.61. The van der Waals surface area contributed by atoms with E-state index in [1.165, 1.54) is 0 Å². The smallest absolute Gasteiger partial charge is 0.319 e. The largest absolute Gasteiger partial charge is 0.339 e. The van der Waals surface area contributed by atoms with Gasteiger partial charge in [0.2, 0.25) is 0 Å². The van der Waals surface area contributed by atoms with Gasteiger partial charge < -0.3 is 15.5 Å². The van der Waals surface area contributed by atoms with Crippen molar-refractivity contribution in [1.82, 2.24) is 10.2 Å². The summed E-state index contributed by atoms with van der Waals surface area (Å²) in [6.07, 6.45) is 2.11. The summed E-state index contributed by atoms with van der Waals surface area (Å²) in [5.74, 6) is 2.68. The Bertz CT molecular complexity index is 557. The highest BCUT2D eigenvalue weighted by atomic mass is 32.2. The molecule has 0 atom stereocenters. The molecule has 1 aromatic rings. The van der Waals surface area contributed by atoms with Crippen molar-refractivity contribution in [2.45, 2.75) is 26.7 Å². The normalized spacial score (nSPS) is 15.2. The number of rotatable bonds is 6. The molecule has 0 unspecified atom stereocenters. The molecule has 0 saturated carbocycles. The first-order valence-corrected chi connectivity index (χ1v) is 9.77. The summed E-state index contributed by atoms with van der Waals surface area (Å²) in [5.41, 5.74) is 1.27. The summed E-state index contributed by atoms with van der Waals surface area (Å²) in [4.78, 5) is 26.4. The second kappa shape index (κ2) is 9.57. The van der Waals surface area contributed by atoms with E-state index in [9.17, 15) is 9.59 Å². The maximum absolute atomic E-state index is 12.6. The average Bonchev–Trinajstić information content (AvgIpc) is 2.59. The van der Waals surface area contributed by atoms with E-state index in [1.54, 1.807) is 30.0 Å². The van der Waals surface area contributed by atoms with Gasteiger partial charge in [-0.3, -0.25) is 4.79 Å². The molecule has 1 saturated heterocycles. The molecule has 24 heavy (non-hydrogen) atoms. The zero-order chi connectivity index (χ0) is 17.4. The lowest BCUT2D eigenvalue weighted by molar-refractivity contribution is 0.0697. The summed E-state index contributed by atoms with van der Waals surface area (Å²) >= 11 is 1.79. The predicted molar refractivity (Wildman–Crippen MR) is 101 cm³/mol. The number of carbonyl (C=O) groups is 2. The second-order valence-electron chi connectivity index (χ2n) is 6.13. The summed E-state index contributed by atoms with van der Waals surface area (Å²) in [7, 11) is 0. The molecule has 1 fully saturated rings. The second-order valence-corrected chi connectivity index (χ2v) is 7.53. The monoisotopic (exact) mass is 349 g/mol. The Kier molecular flexibility index (Phi) is 7.43. The number of thioether (sulfide) groups is 1. The summed E-state index contributed by atoms with van der Waals surface area (Å²) < 4.78 is 0. The van der Waals surface area contributed by atoms with Crippen LogP contribution in [0, 0.1) is 5.92 Å². The van der Waals surface area contributed by atoms with Crippen LogP contribution in [0.3, 0.4) is 0 Å². The topological polar surface area (TPSA) is 61.4 Å². The van der Waals surface area contributed by atoms with Crippen molar-refractivity contribution >= 4 is 29.4 Å². The van der Waals surface area contributed by atoms with Gasteiger partial charge in [0, 0.05) is 36.6 Å². The molecule has 0 bridgehead atoms. The highest BCUT2D eigenvalue weighted by molar-refractivity contribution is 7.99. The van der Waals surface area contributed by atoms with Gasteiger partial charge in [0.05, 0.1) is 0 Å². The Labute approximate surface area is 148 Å². The van der Waals surface area contributed by atoms with Gasteiger partial charge >= 0.3 is 6.03 Å². The van der Waals surface area contributed by atoms with E-state index >= 15 is 0 Å². The van der Waals surface area contributed by atoms with Crippen LogP contribution >= 0.6 is 11.8 Å². The third kappa shape index (κ3) is 5.74. The van der Waals surface area contributed by atoms with Crippen molar-refractivity contribution < 1.29 is 9.59 Å². The van der Waals surface area contributed by atoms with Crippen molar-refractivity contribution in [1.29, 1.82) is 0 Å². The molecule has 3 amide bonds. The van der Waals surface area contributed by atoms with Gasteiger partial charge in [-0.25, -0.2) is 4.79 Å². The fraction of sp³-hybridized carbons (Fsp3) is 0.556. The summed E-state index contributed by atoms with van der Waals surface area (Å²) in [6, 6.07) is 6.93. The third-order valence-corrected chi connectivity index (χ3v) is 5.08. The van der Waals surface area contributed by atoms with Gasteiger partial charge in [-0.2, -0.15) is 11.8 Å². The molecule has 1 aliphatic heterocycles. The average molecular weight is 350 g/mol. The van der Waals surface area contributed by atoms with Crippen LogP contribution in [0.15, 0.2) is 24.3 Å². The van der Waals surface area contributed by atoms with Crippen LogP contribution < -0.4 is 10.6 Å². The number of hydrogen-bond acceptors (Lipinski definition) is 3. The first-order chi connectivity index (χ1) is 11.6. The van der Waals surface area contributed by atoms with E-state index < -0.39 is 0 Å². The SMILES string of the molecule is CCSCCNC(=O)Nc1cccc(C(=O)N2CCC(C)CC2)c1. The van der Waals surface area contributed by atoms with Gasteiger partial charge in [-0.1, -0.05) is 19.9 Å². The number of carbonyl (C=O) groups excluding carboxylic acids is 2. The number of benzene rings is 1. The molecule has 132 valence electrons. The van der Waals surface area contributed by atoms with E-state index in [0.717, 1.165) is 37.4 Å². The fourth-order valence-electron chi connectivity index (χ4n) is 2.68. The zero-order valence-electron chi connectivity index (χ0n) is 14.5. The third-order valence-electron chi connectivity index (χ3n) is 4.17. The molecule has 2 rings (SSSR count). The molecular weight excluding hydrogens is 322 g/mol. The molecule has 1 heterocycles. The molecule has 0 spiro atoms. The molecule has 0 aliphatic carbocycles. The van der Waals surface area contributed by atoms with Gasteiger partial charge in [0.25, 0.3) is 5.91 Å².